The van der Waals surface area contributed by atoms with E-state index in [4.69, 9.17) is 5.73 Å². The Balaban J connectivity index is 1.92. The average molecular weight is 428 g/mol. The van der Waals surface area contributed by atoms with E-state index >= 15 is 0 Å². The van der Waals surface area contributed by atoms with Crippen molar-refractivity contribution in [3.63, 3.8) is 0 Å². The fraction of sp³-hybridized carbons (Fsp3) is 0.296. The largest absolute Gasteiger partial charge is 0.367 e. The number of benzene rings is 2. The fourth-order valence-corrected chi connectivity index (χ4v) is 5.05. The Labute approximate surface area is 189 Å². The van der Waals surface area contributed by atoms with Crippen LogP contribution in [0.15, 0.2) is 85.1 Å². The van der Waals surface area contributed by atoms with Gasteiger partial charge in [-0.15, -0.1) is 0 Å². The van der Waals surface area contributed by atoms with Gasteiger partial charge >= 0.3 is 0 Å². The highest BCUT2D eigenvalue weighted by molar-refractivity contribution is 5.98. The highest BCUT2D eigenvalue weighted by Gasteiger charge is 2.52. The molecule has 1 aromatic heterocycles. The molecule has 1 heterocycles. The zero-order valence-electron chi connectivity index (χ0n) is 18.2. The summed E-state index contributed by atoms with van der Waals surface area (Å²) in [5.74, 6) is -0.842. The van der Waals surface area contributed by atoms with E-state index in [9.17, 15) is 9.59 Å². The maximum absolute atomic E-state index is 14.0. The summed E-state index contributed by atoms with van der Waals surface area (Å²) in [4.78, 5) is 33.5. The molecule has 1 saturated carbocycles. The number of rotatable bonds is 7. The summed E-state index contributed by atoms with van der Waals surface area (Å²) in [6.45, 7) is 0.268. The van der Waals surface area contributed by atoms with Crippen molar-refractivity contribution >= 4 is 11.8 Å². The van der Waals surface area contributed by atoms with Gasteiger partial charge in [0, 0.05) is 12.7 Å². The van der Waals surface area contributed by atoms with Crippen molar-refractivity contribution in [2.45, 2.75) is 44.2 Å². The van der Waals surface area contributed by atoms with Crippen molar-refractivity contribution in [2.24, 2.45) is 11.7 Å². The molecule has 32 heavy (non-hydrogen) atoms. The van der Waals surface area contributed by atoms with Gasteiger partial charge < -0.3 is 10.6 Å². The summed E-state index contributed by atoms with van der Waals surface area (Å²) < 4.78 is 0. The number of hydrogen-bond donors (Lipinski definition) is 1. The maximum atomic E-state index is 14.0. The molecule has 0 bridgehead atoms. The quantitative estimate of drug-likeness (QED) is 0.594. The minimum atomic E-state index is -1.26. The number of carbonyl (C=O) groups is 2. The van der Waals surface area contributed by atoms with Crippen LogP contribution in [0, 0.1) is 5.92 Å². The predicted octanol–water partition coefficient (Wildman–Crippen LogP) is 4.69. The summed E-state index contributed by atoms with van der Waals surface area (Å²) in [6.07, 6.45) is 6.46. The SMILES string of the molecule is NC(=O)C(c1ccccc1)(C1CCCCC1)N(Cc1ccccc1)C(=O)c1ccccn1. The Hall–Kier alpha value is -3.47. The van der Waals surface area contributed by atoms with Crippen LogP contribution in [0.1, 0.15) is 53.7 Å². The number of pyridine rings is 1. The van der Waals surface area contributed by atoms with Crippen molar-refractivity contribution in [1.82, 2.24) is 9.88 Å². The van der Waals surface area contributed by atoms with Crippen LogP contribution in [-0.2, 0) is 16.9 Å². The molecule has 5 nitrogen and oxygen atoms in total. The van der Waals surface area contributed by atoms with Crippen molar-refractivity contribution in [3.8, 4) is 0 Å². The monoisotopic (exact) mass is 427 g/mol. The van der Waals surface area contributed by atoms with Crippen LogP contribution in [0.2, 0.25) is 0 Å². The zero-order chi connectivity index (χ0) is 22.4. The molecule has 5 heteroatoms. The fourth-order valence-electron chi connectivity index (χ4n) is 5.05. The molecule has 2 amide bonds. The molecule has 2 N–H and O–H groups in total. The van der Waals surface area contributed by atoms with Gasteiger partial charge in [-0.2, -0.15) is 0 Å². The first-order valence-corrected chi connectivity index (χ1v) is 11.3. The number of carbonyl (C=O) groups excluding carboxylic acids is 2. The van der Waals surface area contributed by atoms with Crippen LogP contribution < -0.4 is 5.73 Å². The number of nitrogens with two attached hydrogens (primary N) is 1. The van der Waals surface area contributed by atoms with E-state index < -0.39 is 11.4 Å². The number of aromatic nitrogens is 1. The summed E-state index contributed by atoms with van der Waals surface area (Å²) in [5, 5.41) is 0. The van der Waals surface area contributed by atoms with Crippen LogP contribution in [0.5, 0.6) is 0 Å². The van der Waals surface area contributed by atoms with Crippen LogP contribution in [-0.4, -0.2) is 21.7 Å². The highest BCUT2D eigenvalue weighted by atomic mass is 16.2. The minimum Gasteiger partial charge on any atom is -0.367 e. The topological polar surface area (TPSA) is 76.3 Å². The molecule has 1 atom stereocenters. The number of amides is 2. The average Bonchev–Trinajstić information content (AvgIpc) is 2.86. The van der Waals surface area contributed by atoms with Crippen LogP contribution in [0.3, 0.4) is 0 Å². The third-order valence-electron chi connectivity index (χ3n) is 6.52. The van der Waals surface area contributed by atoms with Gasteiger partial charge in [0.1, 0.15) is 11.2 Å². The van der Waals surface area contributed by atoms with E-state index in [0.29, 0.717) is 5.69 Å². The van der Waals surface area contributed by atoms with Gasteiger partial charge in [-0.05, 0) is 42.0 Å². The minimum absolute atomic E-state index is 0.0625. The molecule has 1 unspecified atom stereocenters. The smallest absolute Gasteiger partial charge is 0.273 e. The van der Waals surface area contributed by atoms with E-state index in [1.165, 1.54) is 0 Å². The molecule has 0 spiro atoms. The lowest BCUT2D eigenvalue weighted by Crippen LogP contribution is -2.61. The Morgan fingerprint density at radius 1 is 0.875 bits per heavy atom. The first kappa shape index (κ1) is 21.8. The first-order chi connectivity index (χ1) is 15.6. The molecule has 4 rings (SSSR count). The second kappa shape index (κ2) is 9.77. The van der Waals surface area contributed by atoms with E-state index in [2.05, 4.69) is 4.98 Å². The molecule has 1 aliphatic rings. The Kier molecular flexibility index (Phi) is 6.64. The van der Waals surface area contributed by atoms with Gasteiger partial charge in [-0.1, -0.05) is 86.0 Å². The van der Waals surface area contributed by atoms with E-state index in [1.54, 1.807) is 29.3 Å². The van der Waals surface area contributed by atoms with Crippen LogP contribution in [0.4, 0.5) is 0 Å². The molecule has 3 aromatic rings. The van der Waals surface area contributed by atoms with Gasteiger partial charge in [-0.25, -0.2) is 0 Å². The third kappa shape index (κ3) is 4.15. The molecule has 0 saturated heterocycles. The number of nitrogens with zero attached hydrogens (tertiary/aromatic N) is 2. The van der Waals surface area contributed by atoms with E-state index in [1.807, 2.05) is 60.7 Å². The van der Waals surface area contributed by atoms with Crippen molar-refractivity contribution in [2.75, 3.05) is 0 Å². The predicted molar refractivity (Wildman–Crippen MR) is 124 cm³/mol. The van der Waals surface area contributed by atoms with E-state index in [0.717, 1.165) is 43.2 Å². The second-order valence-electron chi connectivity index (χ2n) is 8.42. The van der Waals surface area contributed by atoms with Crippen molar-refractivity contribution in [1.29, 1.82) is 0 Å². The second-order valence-corrected chi connectivity index (χ2v) is 8.42. The van der Waals surface area contributed by atoms with Gasteiger partial charge in [-0.3, -0.25) is 14.6 Å². The van der Waals surface area contributed by atoms with Gasteiger partial charge in [0.15, 0.2) is 0 Å². The lowest BCUT2D eigenvalue weighted by molar-refractivity contribution is -0.135. The Morgan fingerprint density at radius 2 is 1.50 bits per heavy atom. The summed E-state index contributed by atoms with van der Waals surface area (Å²) in [6, 6.07) is 24.6. The molecular formula is C27H29N3O2. The molecule has 0 aliphatic heterocycles. The lowest BCUT2D eigenvalue weighted by Gasteiger charge is -2.48. The first-order valence-electron chi connectivity index (χ1n) is 11.3. The van der Waals surface area contributed by atoms with Gasteiger partial charge in [0.05, 0.1) is 0 Å². The molecule has 164 valence electrons. The van der Waals surface area contributed by atoms with Crippen molar-refractivity contribution < 1.29 is 9.59 Å². The Morgan fingerprint density at radius 3 is 2.09 bits per heavy atom. The summed E-state index contributed by atoms with van der Waals surface area (Å²) >= 11 is 0. The normalized spacial score (nSPS) is 16.1. The van der Waals surface area contributed by atoms with E-state index in [-0.39, 0.29) is 18.4 Å². The van der Waals surface area contributed by atoms with Gasteiger partial charge in [0.2, 0.25) is 5.91 Å². The number of primary amides is 1. The molecule has 1 aliphatic carbocycles. The zero-order valence-corrected chi connectivity index (χ0v) is 18.2. The molecular weight excluding hydrogens is 398 g/mol. The third-order valence-corrected chi connectivity index (χ3v) is 6.52. The van der Waals surface area contributed by atoms with Crippen molar-refractivity contribution in [3.05, 3.63) is 102 Å². The standard InChI is InChI=1S/C27H29N3O2/c28-26(32)27(22-14-6-2-7-15-22,23-16-8-3-9-17-23)30(20-21-12-4-1-5-13-21)25(31)24-18-10-11-19-29-24/h1-2,4-7,10-15,18-19,23H,3,8-9,16-17,20H2,(H2,28,32). The summed E-state index contributed by atoms with van der Waals surface area (Å²) in [7, 11) is 0. The highest BCUT2D eigenvalue weighted by Crippen LogP contribution is 2.45. The van der Waals surface area contributed by atoms with Crippen LogP contribution in [0.25, 0.3) is 0 Å². The molecule has 0 radical (unpaired) electrons. The maximum Gasteiger partial charge on any atom is 0.273 e. The van der Waals surface area contributed by atoms with Gasteiger partial charge in [0.25, 0.3) is 5.91 Å². The Bertz CT molecular complexity index is 1030. The lowest BCUT2D eigenvalue weighted by atomic mass is 9.69. The summed E-state index contributed by atoms with van der Waals surface area (Å²) in [5.41, 5.74) is 7.00. The number of hydrogen-bond acceptors (Lipinski definition) is 3. The van der Waals surface area contributed by atoms with Crippen LogP contribution >= 0.6 is 0 Å². The molecule has 2 aromatic carbocycles. The molecule has 1 fully saturated rings.